The van der Waals surface area contributed by atoms with Crippen molar-refractivity contribution in [3.8, 4) is 5.75 Å². The maximum atomic E-state index is 11.2. The maximum Gasteiger partial charge on any atom is 0.339 e. The van der Waals surface area contributed by atoms with Gasteiger partial charge >= 0.3 is 5.20 Å². The lowest BCUT2D eigenvalue weighted by atomic mass is 10.1. The molecule has 0 radical (unpaired) electrons. The van der Waals surface area contributed by atoms with Crippen LogP contribution in [0.2, 0.25) is 10.2 Å². The molecular formula is C20H24Cl5N6O3P. The third kappa shape index (κ3) is 7.75. The molecule has 4 heterocycles. The molecule has 0 unspecified atom stereocenters. The van der Waals surface area contributed by atoms with Crippen LogP contribution in [0.5, 0.6) is 5.75 Å². The van der Waals surface area contributed by atoms with Gasteiger partial charge in [0.1, 0.15) is 16.5 Å². The molecule has 0 aromatic carbocycles. The largest absolute Gasteiger partial charge is 0.507 e. The lowest BCUT2D eigenvalue weighted by molar-refractivity contribution is 0.480. The Hall–Kier alpha value is -1.48. The molecule has 0 atom stereocenters. The number of nitrogens with zero attached hydrogens (tertiary/aromatic N) is 5. The second-order valence-electron chi connectivity index (χ2n) is 8.09. The van der Waals surface area contributed by atoms with E-state index in [0.29, 0.717) is 27.1 Å². The van der Waals surface area contributed by atoms with Crippen LogP contribution in [-0.4, -0.2) is 34.6 Å². The Morgan fingerprint density at radius 2 is 1.43 bits per heavy atom. The van der Waals surface area contributed by atoms with E-state index in [0.717, 1.165) is 22.4 Å². The van der Waals surface area contributed by atoms with E-state index >= 15 is 0 Å². The first-order valence-electron chi connectivity index (χ1n) is 10.2. The van der Waals surface area contributed by atoms with E-state index in [4.69, 9.17) is 23.2 Å². The Morgan fingerprint density at radius 3 is 1.94 bits per heavy atom. The van der Waals surface area contributed by atoms with Crippen LogP contribution in [0.15, 0.2) is 16.9 Å². The summed E-state index contributed by atoms with van der Waals surface area (Å²) in [5.41, 5.74) is 2.72. The van der Waals surface area contributed by atoms with Crippen molar-refractivity contribution in [1.82, 2.24) is 29.5 Å². The SMILES string of the molecule is CC(C)c1nn(C)c2[nH]c(=O)cc(O)c12.CC(C)c1nn(C)c2nc(Cl)cc(Cl)c12.O=P(Cl)(Cl)Cl. The number of halogens is 5. The number of aromatic nitrogens is 6. The van der Waals surface area contributed by atoms with Crippen molar-refractivity contribution < 1.29 is 9.67 Å². The highest BCUT2D eigenvalue weighted by Gasteiger charge is 2.17. The zero-order valence-electron chi connectivity index (χ0n) is 19.6. The summed E-state index contributed by atoms with van der Waals surface area (Å²) in [6.07, 6.45) is 0. The van der Waals surface area contributed by atoms with Crippen LogP contribution in [0.4, 0.5) is 0 Å². The molecule has 4 aromatic heterocycles. The molecule has 0 bridgehead atoms. The summed E-state index contributed by atoms with van der Waals surface area (Å²) in [4.78, 5) is 18.1. The first-order chi connectivity index (χ1) is 16.0. The van der Waals surface area contributed by atoms with Gasteiger partial charge in [0.15, 0.2) is 5.65 Å². The van der Waals surface area contributed by atoms with Crippen molar-refractivity contribution in [3.05, 3.63) is 44.1 Å². The summed E-state index contributed by atoms with van der Waals surface area (Å²) < 4.78 is 12.8. The number of hydrogen-bond acceptors (Lipinski definition) is 6. The first kappa shape index (κ1) is 29.7. The van der Waals surface area contributed by atoms with Crippen LogP contribution in [0, 0.1) is 0 Å². The number of aromatic amines is 1. The Labute approximate surface area is 226 Å². The summed E-state index contributed by atoms with van der Waals surface area (Å²) >= 11 is 25.8. The average Bonchev–Trinajstić information content (AvgIpc) is 3.19. The van der Waals surface area contributed by atoms with Crippen molar-refractivity contribution in [2.75, 3.05) is 0 Å². The van der Waals surface area contributed by atoms with E-state index in [1.54, 1.807) is 22.5 Å². The summed E-state index contributed by atoms with van der Waals surface area (Å²) in [6.45, 7) is 8.14. The molecular weight excluding hydrogens is 580 g/mol. The molecule has 0 aliphatic rings. The standard InChI is InChI=1S/C10H11Cl2N3.C10H13N3O2.Cl3OP/c1-5(2)9-8-6(11)4-7(12)13-10(8)15(3)14-9;1-5(2)9-8-6(14)4-7(15)11-10(8)13(3)12-9;1-5(2,3)4/h4-5H,1-3H3;4-5H,1-3H3,(H2,11,14,15);. The van der Waals surface area contributed by atoms with E-state index in [1.807, 2.05) is 20.9 Å². The molecule has 0 spiro atoms. The van der Waals surface area contributed by atoms with Crippen LogP contribution in [-0.2, 0) is 18.7 Å². The molecule has 0 saturated carbocycles. The Morgan fingerprint density at radius 1 is 0.943 bits per heavy atom. The predicted octanol–water partition coefficient (Wildman–Crippen LogP) is 7.30. The minimum absolute atomic E-state index is 0.00875. The van der Waals surface area contributed by atoms with Crippen LogP contribution in [0.25, 0.3) is 22.1 Å². The fraction of sp³-hybridized carbons (Fsp3) is 0.400. The molecule has 35 heavy (non-hydrogen) atoms. The van der Waals surface area contributed by atoms with E-state index in [1.165, 1.54) is 6.07 Å². The van der Waals surface area contributed by atoms with Crippen LogP contribution in [0.1, 0.15) is 50.9 Å². The molecule has 0 saturated heterocycles. The van der Waals surface area contributed by atoms with Gasteiger partial charge < -0.3 is 10.1 Å². The quantitative estimate of drug-likeness (QED) is 0.183. The fourth-order valence-corrected chi connectivity index (χ4v) is 3.83. The lowest BCUT2D eigenvalue weighted by Gasteiger charge is -2.01. The maximum absolute atomic E-state index is 11.2. The number of pyridine rings is 2. The number of nitrogens with one attached hydrogen (secondary N) is 1. The minimum Gasteiger partial charge on any atom is -0.507 e. The molecule has 0 aliphatic carbocycles. The van der Waals surface area contributed by atoms with E-state index < -0.39 is 5.20 Å². The minimum atomic E-state index is -3.22. The number of hydrogen-bond donors (Lipinski definition) is 2. The van der Waals surface area contributed by atoms with Gasteiger partial charge in [-0.05, 0) is 51.6 Å². The van der Waals surface area contributed by atoms with Crippen molar-refractivity contribution in [1.29, 1.82) is 0 Å². The second kappa shape index (κ2) is 11.7. The highest BCUT2D eigenvalue weighted by Crippen LogP contribution is 2.61. The highest BCUT2D eigenvalue weighted by atomic mass is 36.0. The summed E-state index contributed by atoms with van der Waals surface area (Å²) in [6, 6.07) is 2.83. The van der Waals surface area contributed by atoms with E-state index in [2.05, 4.69) is 67.7 Å². The van der Waals surface area contributed by atoms with Gasteiger partial charge in [0.05, 0.1) is 27.2 Å². The van der Waals surface area contributed by atoms with Gasteiger partial charge in [0.2, 0.25) is 0 Å². The molecule has 192 valence electrons. The zero-order chi connectivity index (χ0) is 26.8. The summed E-state index contributed by atoms with van der Waals surface area (Å²) in [5, 5.41) is 17.7. The Bertz CT molecular complexity index is 1450. The first-order valence-corrected chi connectivity index (χ1v) is 15.4. The van der Waals surface area contributed by atoms with E-state index in [9.17, 15) is 14.5 Å². The highest BCUT2D eigenvalue weighted by molar-refractivity contribution is 8.24. The number of rotatable bonds is 2. The van der Waals surface area contributed by atoms with Crippen LogP contribution < -0.4 is 5.56 Å². The third-order valence-electron chi connectivity index (χ3n) is 4.67. The number of aryl methyl sites for hydroxylation is 2. The third-order valence-corrected chi connectivity index (χ3v) is 5.17. The number of H-pyrrole nitrogens is 1. The topological polar surface area (TPSA) is 119 Å². The molecule has 0 fully saturated rings. The van der Waals surface area contributed by atoms with Crippen LogP contribution >= 0.6 is 62.1 Å². The average molecular weight is 605 g/mol. The van der Waals surface area contributed by atoms with Crippen molar-refractivity contribution >= 4 is 84.2 Å². The molecule has 4 aromatic rings. The van der Waals surface area contributed by atoms with Gasteiger partial charge in [-0.15, -0.1) is 0 Å². The lowest BCUT2D eigenvalue weighted by Crippen LogP contribution is -2.05. The summed E-state index contributed by atoms with van der Waals surface area (Å²) in [5.74, 6) is 0.505. The molecule has 9 nitrogen and oxygen atoms in total. The van der Waals surface area contributed by atoms with E-state index in [-0.39, 0.29) is 17.2 Å². The van der Waals surface area contributed by atoms with Gasteiger partial charge in [0, 0.05) is 20.2 Å². The van der Waals surface area contributed by atoms with Crippen LogP contribution in [0.3, 0.4) is 0 Å². The van der Waals surface area contributed by atoms with Gasteiger partial charge in [0.25, 0.3) is 5.56 Å². The normalized spacial score (nSPS) is 11.6. The zero-order valence-corrected chi connectivity index (χ0v) is 24.3. The molecule has 0 amide bonds. The monoisotopic (exact) mass is 602 g/mol. The molecule has 15 heteroatoms. The molecule has 0 aliphatic heterocycles. The second-order valence-corrected chi connectivity index (χ2v) is 15.5. The van der Waals surface area contributed by atoms with Gasteiger partial charge in [-0.2, -0.15) is 10.2 Å². The number of fused-ring (bicyclic) bond motifs is 2. The molecule has 4 rings (SSSR count). The van der Waals surface area contributed by atoms with Crippen molar-refractivity contribution in [3.63, 3.8) is 0 Å². The number of aromatic hydroxyl groups is 1. The fourth-order valence-electron chi connectivity index (χ4n) is 3.30. The van der Waals surface area contributed by atoms with Gasteiger partial charge in [-0.25, -0.2) is 4.98 Å². The smallest absolute Gasteiger partial charge is 0.339 e. The van der Waals surface area contributed by atoms with Crippen molar-refractivity contribution in [2.45, 2.75) is 39.5 Å². The van der Waals surface area contributed by atoms with Crippen molar-refractivity contribution in [2.24, 2.45) is 14.1 Å². The summed E-state index contributed by atoms with van der Waals surface area (Å²) in [7, 11) is 3.58. The Kier molecular flexibility index (Phi) is 9.96. The Balaban J connectivity index is 0.000000208. The predicted molar refractivity (Wildman–Crippen MR) is 145 cm³/mol. The molecule has 2 N–H and O–H groups in total. The van der Waals surface area contributed by atoms with Gasteiger partial charge in [-0.1, -0.05) is 50.9 Å². The van der Waals surface area contributed by atoms with Gasteiger partial charge in [-0.3, -0.25) is 18.7 Å².